The number of hydrogen-bond donors (Lipinski definition) is 2. The molecule has 176 valence electrons. The first-order valence-electron chi connectivity index (χ1n) is 13.1. The summed E-state index contributed by atoms with van der Waals surface area (Å²) in [4.78, 5) is 5.23. The molecule has 33 heavy (non-hydrogen) atoms. The van der Waals surface area contributed by atoms with Gasteiger partial charge in [0.15, 0.2) is 0 Å². The van der Waals surface area contributed by atoms with E-state index >= 15 is 0 Å². The number of phenols is 1. The van der Waals surface area contributed by atoms with Crippen LogP contribution in [0.5, 0.6) is 5.75 Å². The van der Waals surface area contributed by atoms with E-state index < -0.39 is 5.60 Å². The SMILES string of the molecule is Oc1ccc2c(c1)[C@@]13CCN(CCCc4ccccc4)CC[C@@]1(O)[C@@H](C2)N(CC1CC1)CC3. The molecule has 2 bridgehead atoms. The lowest BCUT2D eigenvalue weighted by atomic mass is 9.52. The van der Waals surface area contributed by atoms with Crippen LogP contribution in [0.15, 0.2) is 48.5 Å². The van der Waals surface area contributed by atoms with E-state index in [0.717, 1.165) is 77.2 Å². The predicted octanol–water partition coefficient (Wildman–Crippen LogP) is 4.13. The minimum absolute atomic E-state index is 0.202. The average Bonchev–Trinajstić information content (AvgIpc) is 3.65. The zero-order valence-corrected chi connectivity index (χ0v) is 19.8. The Morgan fingerprint density at radius 2 is 1.73 bits per heavy atom. The molecule has 6 rings (SSSR count). The van der Waals surface area contributed by atoms with Crippen molar-refractivity contribution in [2.75, 3.05) is 32.7 Å². The molecule has 4 nitrogen and oxygen atoms in total. The standard InChI is InChI=1S/C29H38N2O2/c32-25-11-10-24-19-27-29(33)14-17-30(15-4-7-22-5-2-1-3-6-22)16-12-28(29,26(24)20-25)13-18-31(27)21-23-8-9-23/h1-3,5-6,10-11,20,23,27,32-33H,4,7-9,12-19,21H2/t27-,28+,29-/m1/s1. The summed E-state index contributed by atoms with van der Waals surface area (Å²) in [6, 6.07) is 16.9. The molecule has 0 aromatic heterocycles. The molecule has 2 aliphatic heterocycles. The summed E-state index contributed by atoms with van der Waals surface area (Å²) in [6.07, 6.45) is 8.71. The number of hydrogen-bond acceptors (Lipinski definition) is 4. The first-order chi connectivity index (χ1) is 16.1. The maximum atomic E-state index is 12.6. The molecular weight excluding hydrogens is 408 g/mol. The first-order valence-corrected chi connectivity index (χ1v) is 13.1. The second kappa shape index (κ2) is 8.41. The molecule has 2 N–H and O–H groups in total. The lowest BCUT2D eigenvalue weighted by molar-refractivity contribution is -0.149. The number of aryl methyl sites for hydroxylation is 1. The summed E-state index contributed by atoms with van der Waals surface area (Å²) in [6.45, 7) is 5.31. The van der Waals surface area contributed by atoms with Gasteiger partial charge < -0.3 is 15.1 Å². The van der Waals surface area contributed by atoms with E-state index in [4.69, 9.17) is 0 Å². The van der Waals surface area contributed by atoms with Crippen molar-refractivity contribution < 1.29 is 10.2 Å². The van der Waals surface area contributed by atoms with Gasteiger partial charge >= 0.3 is 0 Å². The van der Waals surface area contributed by atoms with E-state index in [1.807, 2.05) is 12.1 Å². The Bertz CT molecular complexity index is 990. The number of likely N-dealkylation sites (tertiary alicyclic amines) is 2. The number of nitrogens with zero attached hydrogens (tertiary/aromatic N) is 2. The lowest BCUT2D eigenvalue weighted by Crippen LogP contribution is -2.71. The van der Waals surface area contributed by atoms with Gasteiger partial charge in [-0.15, -0.1) is 0 Å². The largest absolute Gasteiger partial charge is 0.508 e. The van der Waals surface area contributed by atoms with Crippen molar-refractivity contribution in [3.8, 4) is 5.75 Å². The molecule has 2 saturated heterocycles. The third kappa shape index (κ3) is 3.80. The van der Waals surface area contributed by atoms with Crippen LogP contribution in [-0.2, 0) is 18.3 Å². The second-order valence-corrected chi connectivity index (χ2v) is 11.2. The Hall–Kier alpha value is -1.88. The van der Waals surface area contributed by atoms with Gasteiger partial charge in [0.2, 0.25) is 0 Å². The van der Waals surface area contributed by atoms with Crippen LogP contribution in [0.3, 0.4) is 0 Å². The molecule has 3 fully saturated rings. The molecule has 4 aliphatic rings. The van der Waals surface area contributed by atoms with Gasteiger partial charge in [0.05, 0.1) is 5.60 Å². The molecule has 0 spiro atoms. The Morgan fingerprint density at radius 3 is 2.55 bits per heavy atom. The Balaban J connectivity index is 1.26. The van der Waals surface area contributed by atoms with Gasteiger partial charge in [-0.25, -0.2) is 0 Å². The van der Waals surface area contributed by atoms with Crippen molar-refractivity contribution in [1.82, 2.24) is 9.80 Å². The summed E-state index contributed by atoms with van der Waals surface area (Å²) < 4.78 is 0. The Morgan fingerprint density at radius 1 is 0.939 bits per heavy atom. The van der Waals surface area contributed by atoms with Crippen molar-refractivity contribution in [1.29, 1.82) is 0 Å². The summed E-state index contributed by atoms with van der Waals surface area (Å²) >= 11 is 0. The molecule has 2 heterocycles. The topological polar surface area (TPSA) is 46.9 Å². The fourth-order valence-electron chi connectivity index (χ4n) is 7.29. The van der Waals surface area contributed by atoms with Gasteiger partial charge in [0.1, 0.15) is 5.75 Å². The van der Waals surface area contributed by atoms with Crippen molar-refractivity contribution >= 4 is 0 Å². The molecule has 0 unspecified atom stereocenters. The normalized spacial score (nSPS) is 32.1. The van der Waals surface area contributed by atoms with Gasteiger partial charge in [-0.3, -0.25) is 4.90 Å². The van der Waals surface area contributed by atoms with E-state index in [1.165, 1.54) is 29.5 Å². The number of rotatable bonds is 6. The maximum absolute atomic E-state index is 12.6. The van der Waals surface area contributed by atoms with E-state index in [1.54, 1.807) is 0 Å². The number of benzene rings is 2. The number of phenolic OH excluding ortho intramolecular Hbond substituents is 1. The van der Waals surface area contributed by atoms with Crippen LogP contribution < -0.4 is 0 Å². The highest BCUT2D eigenvalue weighted by Crippen LogP contribution is 2.56. The molecule has 3 atom stereocenters. The van der Waals surface area contributed by atoms with Crippen LogP contribution in [0.1, 0.15) is 55.2 Å². The monoisotopic (exact) mass is 446 g/mol. The summed E-state index contributed by atoms with van der Waals surface area (Å²) in [5, 5.41) is 22.9. The highest BCUT2D eigenvalue weighted by Gasteiger charge is 2.63. The molecule has 2 aliphatic carbocycles. The number of aromatic hydroxyl groups is 1. The van der Waals surface area contributed by atoms with Crippen LogP contribution >= 0.6 is 0 Å². The van der Waals surface area contributed by atoms with Crippen LogP contribution in [0.2, 0.25) is 0 Å². The highest BCUT2D eigenvalue weighted by atomic mass is 16.3. The molecule has 4 heteroatoms. The summed E-state index contributed by atoms with van der Waals surface area (Å²) in [7, 11) is 0. The zero-order chi connectivity index (χ0) is 22.5. The minimum Gasteiger partial charge on any atom is -0.508 e. The number of aliphatic hydroxyl groups is 1. The van der Waals surface area contributed by atoms with Crippen molar-refractivity contribution in [3.05, 3.63) is 65.2 Å². The van der Waals surface area contributed by atoms with Crippen LogP contribution in [-0.4, -0.2) is 64.4 Å². The lowest BCUT2D eigenvalue weighted by Gasteiger charge is -2.61. The van der Waals surface area contributed by atoms with Gasteiger partial charge in [-0.05, 0) is 106 Å². The van der Waals surface area contributed by atoms with Gasteiger partial charge in [0.25, 0.3) is 0 Å². The number of fused-ring (bicyclic) bond motifs is 1. The third-order valence-electron chi connectivity index (χ3n) is 9.31. The fourth-order valence-corrected chi connectivity index (χ4v) is 7.29. The Kier molecular flexibility index (Phi) is 5.51. The summed E-state index contributed by atoms with van der Waals surface area (Å²) in [5.41, 5.74) is 3.04. The quantitative estimate of drug-likeness (QED) is 0.701. The average molecular weight is 447 g/mol. The minimum atomic E-state index is -0.713. The van der Waals surface area contributed by atoms with Crippen LogP contribution in [0, 0.1) is 5.92 Å². The molecule has 2 aromatic rings. The van der Waals surface area contributed by atoms with E-state index in [2.05, 4.69) is 46.2 Å². The van der Waals surface area contributed by atoms with Gasteiger partial charge in [-0.1, -0.05) is 36.4 Å². The first kappa shape index (κ1) is 21.6. The highest BCUT2D eigenvalue weighted by molar-refractivity contribution is 5.48. The fraction of sp³-hybridized carbons (Fsp3) is 0.586. The second-order valence-electron chi connectivity index (χ2n) is 11.2. The van der Waals surface area contributed by atoms with E-state index in [0.29, 0.717) is 5.75 Å². The van der Waals surface area contributed by atoms with Crippen molar-refractivity contribution in [3.63, 3.8) is 0 Å². The van der Waals surface area contributed by atoms with Crippen LogP contribution in [0.4, 0.5) is 0 Å². The zero-order valence-electron chi connectivity index (χ0n) is 19.8. The van der Waals surface area contributed by atoms with Crippen molar-refractivity contribution in [2.24, 2.45) is 5.92 Å². The van der Waals surface area contributed by atoms with E-state index in [9.17, 15) is 10.2 Å². The predicted molar refractivity (Wildman–Crippen MR) is 132 cm³/mol. The molecule has 0 radical (unpaired) electrons. The molecule has 1 saturated carbocycles. The van der Waals surface area contributed by atoms with Crippen molar-refractivity contribution in [2.45, 2.75) is 68.4 Å². The third-order valence-corrected chi connectivity index (χ3v) is 9.31. The molecule has 0 amide bonds. The smallest absolute Gasteiger partial charge is 0.115 e. The van der Waals surface area contributed by atoms with Gasteiger partial charge in [-0.2, -0.15) is 0 Å². The van der Waals surface area contributed by atoms with E-state index in [-0.39, 0.29) is 11.5 Å². The van der Waals surface area contributed by atoms with Crippen LogP contribution in [0.25, 0.3) is 0 Å². The van der Waals surface area contributed by atoms with Gasteiger partial charge in [0, 0.05) is 24.5 Å². The number of piperidine rings is 1. The Labute approximate surface area is 198 Å². The summed E-state index contributed by atoms with van der Waals surface area (Å²) in [5.74, 6) is 1.18. The maximum Gasteiger partial charge on any atom is 0.115 e. The molecule has 2 aromatic carbocycles. The molecular formula is C29H38N2O2.